The molecule has 2 N–H and O–H groups in total. The molecule has 2 rings (SSSR count). The van der Waals surface area contributed by atoms with E-state index in [4.69, 9.17) is 17.3 Å². The Kier molecular flexibility index (Phi) is 3.44. The second kappa shape index (κ2) is 4.64. The van der Waals surface area contributed by atoms with Crippen molar-refractivity contribution in [2.75, 3.05) is 0 Å². The number of benzene rings is 1. The molecule has 1 aromatic carbocycles. The molecule has 0 amide bonds. The fraction of sp³-hybridized carbons (Fsp3) is 0.455. The van der Waals surface area contributed by atoms with Crippen LogP contribution in [-0.4, -0.2) is 15.5 Å². The summed E-state index contributed by atoms with van der Waals surface area (Å²) in [7, 11) is -0.954. The highest BCUT2D eigenvalue weighted by molar-refractivity contribution is 7.85. The molecule has 1 aliphatic rings. The van der Waals surface area contributed by atoms with Gasteiger partial charge in [-0.2, -0.15) is 0 Å². The Balaban J connectivity index is 2.14. The van der Waals surface area contributed by atoms with Crippen LogP contribution in [0.25, 0.3) is 0 Å². The zero-order valence-electron chi connectivity index (χ0n) is 8.36. The Labute approximate surface area is 97.3 Å². The van der Waals surface area contributed by atoms with Gasteiger partial charge in [0.25, 0.3) is 0 Å². The lowest BCUT2D eigenvalue weighted by atomic mass is 10.3. The molecule has 0 spiro atoms. The highest BCUT2D eigenvalue weighted by atomic mass is 35.5. The standard InChI is InChI=1S/C11H14ClNOS/c12-8-2-1-3-10(6-8)15(14)11-5-4-9(13)7-11/h1-3,6,9,11H,4-5,7,13H2. The van der Waals surface area contributed by atoms with E-state index in [0.29, 0.717) is 5.02 Å². The molecule has 1 saturated carbocycles. The van der Waals surface area contributed by atoms with Gasteiger partial charge >= 0.3 is 0 Å². The summed E-state index contributed by atoms with van der Waals surface area (Å²) >= 11 is 5.87. The number of halogens is 1. The molecule has 2 nitrogen and oxygen atoms in total. The summed E-state index contributed by atoms with van der Waals surface area (Å²) in [6.07, 6.45) is 2.80. The second-order valence-corrected chi connectivity index (χ2v) is 6.12. The van der Waals surface area contributed by atoms with Crippen LogP contribution in [0.1, 0.15) is 19.3 Å². The van der Waals surface area contributed by atoms with Gasteiger partial charge in [0, 0.05) is 21.2 Å². The van der Waals surface area contributed by atoms with Gasteiger partial charge in [0.2, 0.25) is 0 Å². The van der Waals surface area contributed by atoms with Crippen LogP contribution >= 0.6 is 11.6 Å². The highest BCUT2D eigenvalue weighted by Crippen LogP contribution is 2.27. The SMILES string of the molecule is NC1CCC(S(=O)c2cccc(Cl)c2)C1. The lowest BCUT2D eigenvalue weighted by Gasteiger charge is -2.09. The Morgan fingerprint density at radius 2 is 2.20 bits per heavy atom. The number of rotatable bonds is 2. The van der Waals surface area contributed by atoms with Crippen LogP contribution in [0.2, 0.25) is 5.02 Å². The molecule has 4 heteroatoms. The highest BCUT2D eigenvalue weighted by Gasteiger charge is 2.27. The third kappa shape index (κ3) is 2.60. The molecule has 3 unspecified atom stereocenters. The smallest absolute Gasteiger partial charge is 0.0561 e. The fourth-order valence-electron chi connectivity index (χ4n) is 1.95. The molecule has 82 valence electrons. The minimum Gasteiger partial charge on any atom is -0.328 e. The first-order valence-corrected chi connectivity index (χ1v) is 6.67. The van der Waals surface area contributed by atoms with Gasteiger partial charge in [0.15, 0.2) is 0 Å². The quantitative estimate of drug-likeness (QED) is 0.867. The van der Waals surface area contributed by atoms with Crippen LogP contribution in [0.5, 0.6) is 0 Å². The van der Waals surface area contributed by atoms with Crippen molar-refractivity contribution in [3.8, 4) is 0 Å². The second-order valence-electron chi connectivity index (χ2n) is 3.95. The van der Waals surface area contributed by atoms with E-state index >= 15 is 0 Å². The van der Waals surface area contributed by atoms with E-state index in [0.717, 1.165) is 24.2 Å². The van der Waals surface area contributed by atoms with Crippen LogP contribution in [0, 0.1) is 0 Å². The van der Waals surface area contributed by atoms with Gasteiger partial charge in [0.05, 0.1) is 10.8 Å². The van der Waals surface area contributed by atoms with Gasteiger partial charge in [-0.05, 0) is 37.5 Å². The zero-order chi connectivity index (χ0) is 10.8. The first-order valence-electron chi connectivity index (χ1n) is 5.08. The summed E-state index contributed by atoms with van der Waals surface area (Å²) in [5.74, 6) is 0. The summed E-state index contributed by atoms with van der Waals surface area (Å²) in [5, 5.41) is 0.849. The van der Waals surface area contributed by atoms with E-state index in [9.17, 15) is 4.21 Å². The fourth-order valence-corrected chi connectivity index (χ4v) is 3.82. The van der Waals surface area contributed by atoms with Crippen molar-refractivity contribution in [3.05, 3.63) is 29.3 Å². The minimum absolute atomic E-state index is 0.207. The lowest BCUT2D eigenvalue weighted by Crippen LogP contribution is -2.18. The van der Waals surface area contributed by atoms with E-state index in [1.807, 2.05) is 12.1 Å². The Hall–Kier alpha value is -0.380. The Morgan fingerprint density at radius 1 is 1.40 bits per heavy atom. The first-order chi connectivity index (χ1) is 7.16. The summed E-state index contributed by atoms with van der Waals surface area (Å²) in [6.45, 7) is 0. The monoisotopic (exact) mass is 243 g/mol. The van der Waals surface area contributed by atoms with Gasteiger partial charge in [0.1, 0.15) is 0 Å². The zero-order valence-corrected chi connectivity index (χ0v) is 9.93. The maximum Gasteiger partial charge on any atom is 0.0561 e. The number of hydrogen-bond donors (Lipinski definition) is 1. The molecular formula is C11H14ClNOS. The van der Waals surface area contributed by atoms with Gasteiger partial charge in [-0.25, -0.2) is 0 Å². The van der Waals surface area contributed by atoms with Gasteiger partial charge in [-0.1, -0.05) is 17.7 Å². The van der Waals surface area contributed by atoms with E-state index in [-0.39, 0.29) is 11.3 Å². The van der Waals surface area contributed by atoms with Crippen molar-refractivity contribution in [3.63, 3.8) is 0 Å². The topological polar surface area (TPSA) is 43.1 Å². The normalized spacial score (nSPS) is 27.9. The predicted molar refractivity (Wildman–Crippen MR) is 63.5 cm³/mol. The maximum atomic E-state index is 12.1. The Morgan fingerprint density at radius 3 is 2.80 bits per heavy atom. The summed E-state index contributed by atoms with van der Waals surface area (Å²) in [6, 6.07) is 7.50. The van der Waals surface area contributed by atoms with Gasteiger partial charge in [-0.3, -0.25) is 4.21 Å². The molecule has 1 aromatic rings. The first kappa shape index (κ1) is 11.1. The lowest BCUT2D eigenvalue weighted by molar-refractivity contribution is 0.664. The van der Waals surface area contributed by atoms with Crippen LogP contribution in [-0.2, 0) is 10.8 Å². The van der Waals surface area contributed by atoms with Crippen molar-refractivity contribution >= 4 is 22.4 Å². The average molecular weight is 244 g/mol. The third-order valence-corrected chi connectivity index (χ3v) is 4.74. The van der Waals surface area contributed by atoms with Crippen LogP contribution in [0.4, 0.5) is 0 Å². The van der Waals surface area contributed by atoms with Crippen molar-refractivity contribution < 1.29 is 4.21 Å². The van der Waals surface area contributed by atoms with Crippen LogP contribution < -0.4 is 5.73 Å². The van der Waals surface area contributed by atoms with Crippen molar-refractivity contribution in [1.82, 2.24) is 0 Å². The van der Waals surface area contributed by atoms with E-state index in [1.165, 1.54) is 0 Å². The molecule has 0 aromatic heterocycles. The van der Waals surface area contributed by atoms with Crippen LogP contribution in [0.15, 0.2) is 29.2 Å². The third-order valence-electron chi connectivity index (χ3n) is 2.76. The summed E-state index contributed by atoms with van der Waals surface area (Å²) in [5.41, 5.74) is 5.81. The molecule has 0 saturated heterocycles. The minimum atomic E-state index is -0.954. The van der Waals surface area contributed by atoms with Crippen LogP contribution in [0.3, 0.4) is 0 Å². The molecular weight excluding hydrogens is 230 g/mol. The molecule has 0 heterocycles. The van der Waals surface area contributed by atoms with Gasteiger partial charge in [-0.15, -0.1) is 0 Å². The molecule has 3 atom stereocenters. The van der Waals surface area contributed by atoms with E-state index in [2.05, 4.69) is 0 Å². The predicted octanol–water partition coefficient (Wildman–Crippen LogP) is 2.33. The average Bonchev–Trinajstić information content (AvgIpc) is 2.64. The maximum absolute atomic E-state index is 12.1. The Bertz CT molecular complexity index is 383. The summed E-state index contributed by atoms with van der Waals surface area (Å²) < 4.78 is 12.1. The number of hydrogen-bond acceptors (Lipinski definition) is 2. The number of nitrogens with two attached hydrogens (primary N) is 1. The molecule has 1 fully saturated rings. The van der Waals surface area contributed by atoms with E-state index < -0.39 is 10.8 Å². The van der Waals surface area contributed by atoms with Crippen molar-refractivity contribution in [2.45, 2.75) is 35.4 Å². The summed E-state index contributed by atoms with van der Waals surface area (Å²) in [4.78, 5) is 0.821. The van der Waals surface area contributed by atoms with Crippen molar-refractivity contribution in [1.29, 1.82) is 0 Å². The van der Waals surface area contributed by atoms with Crippen molar-refractivity contribution in [2.24, 2.45) is 5.73 Å². The molecule has 0 aliphatic heterocycles. The molecule has 0 radical (unpaired) electrons. The molecule has 15 heavy (non-hydrogen) atoms. The van der Waals surface area contributed by atoms with E-state index in [1.54, 1.807) is 12.1 Å². The molecule has 0 bridgehead atoms. The van der Waals surface area contributed by atoms with Gasteiger partial charge < -0.3 is 5.73 Å². The molecule has 1 aliphatic carbocycles. The largest absolute Gasteiger partial charge is 0.328 e.